The molecule has 0 aliphatic carbocycles. The summed E-state index contributed by atoms with van der Waals surface area (Å²) >= 11 is 0. The Morgan fingerprint density at radius 2 is 1.81 bits per heavy atom. The van der Waals surface area contributed by atoms with E-state index in [0.29, 0.717) is 19.0 Å². The summed E-state index contributed by atoms with van der Waals surface area (Å²) in [5.41, 5.74) is 2.04. The van der Waals surface area contributed by atoms with E-state index in [1.54, 1.807) is 0 Å². The van der Waals surface area contributed by atoms with Gasteiger partial charge in [0.1, 0.15) is 11.5 Å². The van der Waals surface area contributed by atoms with E-state index in [1.807, 2.05) is 48.5 Å². The number of ether oxygens (including phenoxy) is 2. The zero-order valence-corrected chi connectivity index (χ0v) is 15.7. The van der Waals surface area contributed by atoms with E-state index in [1.165, 1.54) is 6.92 Å². The first-order valence-corrected chi connectivity index (χ1v) is 9.19. The lowest BCUT2D eigenvalue weighted by molar-refractivity contribution is -0.118. The largest absolute Gasteiger partial charge is 0.494 e. The molecule has 1 aromatic heterocycles. The quantitative estimate of drug-likeness (QED) is 0.639. The van der Waals surface area contributed by atoms with Gasteiger partial charge in [0.15, 0.2) is 0 Å². The van der Waals surface area contributed by atoms with Gasteiger partial charge in [0.05, 0.1) is 12.1 Å². The van der Waals surface area contributed by atoms with E-state index in [4.69, 9.17) is 9.47 Å². The van der Waals surface area contributed by atoms with Gasteiger partial charge in [0, 0.05) is 24.9 Å². The van der Waals surface area contributed by atoms with Gasteiger partial charge in [-0.2, -0.15) is 0 Å². The fourth-order valence-electron chi connectivity index (χ4n) is 2.70. The normalized spacial score (nSPS) is 10.6. The maximum absolute atomic E-state index is 11.0. The van der Waals surface area contributed by atoms with Crippen molar-refractivity contribution in [2.75, 3.05) is 13.2 Å². The minimum atomic E-state index is -0.01000. The van der Waals surface area contributed by atoms with E-state index >= 15 is 0 Å². The van der Waals surface area contributed by atoms with Gasteiger partial charge in [-0.25, -0.2) is 4.98 Å². The molecule has 1 amide bonds. The fourth-order valence-corrected chi connectivity index (χ4v) is 2.70. The second-order valence-corrected chi connectivity index (χ2v) is 6.33. The summed E-state index contributed by atoms with van der Waals surface area (Å²) in [6.45, 7) is 4.94. The van der Waals surface area contributed by atoms with Crippen molar-refractivity contribution in [1.82, 2.24) is 10.3 Å². The smallest absolute Gasteiger partial charge is 0.219 e. The molecule has 2 aromatic carbocycles. The summed E-state index contributed by atoms with van der Waals surface area (Å²) in [7, 11) is 0. The Labute approximate surface area is 159 Å². The van der Waals surface area contributed by atoms with Gasteiger partial charge in [0.2, 0.25) is 11.8 Å². The Hall–Kier alpha value is -3.08. The molecule has 0 radical (unpaired) electrons. The highest BCUT2D eigenvalue weighted by Gasteiger charge is 2.04. The average molecular weight is 364 g/mol. The van der Waals surface area contributed by atoms with Crippen LogP contribution in [0.2, 0.25) is 0 Å². The lowest BCUT2D eigenvalue weighted by atomic mass is 10.1. The molecule has 1 N–H and O–H groups in total. The number of aromatic nitrogens is 1. The molecule has 3 rings (SSSR count). The maximum Gasteiger partial charge on any atom is 0.219 e. The first-order chi connectivity index (χ1) is 13.1. The van der Waals surface area contributed by atoms with Crippen LogP contribution in [0.25, 0.3) is 10.9 Å². The molecule has 5 nitrogen and oxygen atoms in total. The van der Waals surface area contributed by atoms with Crippen molar-refractivity contribution in [3.05, 3.63) is 60.2 Å². The second-order valence-electron chi connectivity index (χ2n) is 6.33. The third-order valence-corrected chi connectivity index (χ3v) is 4.03. The van der Waals surface area contributed by atoms with Crippen LogP contribution in [-0.4, -0.2) is 24.0 Å². The Morgan fingerprint density at radius 3 is 2.56 bits per heavy atom. The fraction of sp³-hybridized carbons (Fsp3) is 0.273. The number of nitrogens with one attached hydrogen (secondary N) is 1. The number of hydrogen-bond donors (Lipinski definition) is 1. The predicted octanol–water partition coefficient (Wildman–Crippen LogP) is 4.49. The Bertz CT molecular complexity index is 907. The Morgan fingerprint density at radius 1 is 1.04 bits per heavy atom. The van der Waals surface area contributed by atoms with Gasteiger partial charge < -0.3 is 14.8 Å². The van der Waals surface area contributed by atoms with Gasteiger partial charge in [-0.05, 0) is 60.9 Å². The molecular formula is C22H24N2O3. The van der Waals surface area contributed by atoms with Crippen LogP contribution in [0, 0.1) is 0 Å². The SMILES string of the molecule is CCCOc1ccc(Oc2ccc3cc(CCNC(C)=O)ccc3n2)cc1. The molecule has 0 bridgehead atoms. The summed E-state index contributed by atoms with van der Waals surface area (Å²) in [6.07, 6.45) is 1.77. The highest BCUT2D eigenvalue weighted by Crippen LogP contribution is 2.25. The van der Waals surface area contributed by atoms with Gasteiger partial charge in [-0.3, -0.25) is 4.79 Å². The number of pyridine rings is 1. The standard InChI is InChI=1S/C22H24N2O3/c1-3-14-26-19-6-8-20(9-7-19)27-22-11-5-18-15-17(4-10-21(18)24-22)12-13-23-16(2)25/h4-11,15H,3,12-14H2,1-2H3,(H,23,25). The van der Waals surface area contributed by atoms with Gasteiger partial charge in [-0.15, -0.1) is 0 Å². The third-order valence-electron chi connectivity index (χ3n) is 4.03. The highest BCUT2D eigenvalue weighted by atomic mass is 16.5. The monoisotopic (exact) mass is 364 g/mol. The van der Waals surface area contributed by atoms with Crippen molar-refractivity contribution in [1.29, 1.82) is 0 Å². The molecule has 0 aliphatic heterocycles. The molecule has 3 aromatic rings. The van der Waals surface area contributed by atoms with E-state index < -0.39 is 0 Å². The number of rotatable bonds is 8. The van der Waals surface area contributed by atoms with Crippen molar-refractivity contribution in [2.45, 2.75) is 26.7 Å². The van der Waals surface area contributed by atoms with Crippen LogP contribution in [0.15, 0.2) is 54.6 Å². The molecule has 1 heterocycles. The number of hydrogen-bond acceptors (Lipinski definition) is 4. The van der Waals surface area contributed by atoms with Gasteiger partial charge >= 0.3 is 0 Å². The molecule has 140 valence electrons. The summed E-state index contributed by atoms with van der Waals surface area (Å²) in [5, 5.41) is 3.86. The number of nitrogens with zero attached hydrogens (tertiary/aromatic N) is 1. The number of fused-ring (bicyclic) bond motifs is 1. The summed E-state index contributed by atoms with van der Waals surface area (Å²) in [6, 6.07) is 17.5. The molecule has 0 aliphatic rings. The van der Waals surface area contributed by atoms with E-state index in [9.17, 15) is 4.79 Å². The van der Waals surface area contributed by atoms with Gasteiger partial charge in [0.25, 0.3) is 0 Å². The van der Waals surface area contributed by atoms with Crippen LogP contribution in [0.4, 0.5) is 0 Å². The summed E-state index contributed by atoms with van der Waals surface area (Å²) in [4.78, 5) is 15.5. The van der Waals surface area contributed by atoms with E-state index in [2.05, 4.69) is 23.3 Å². The molecule has 5 heteroatoms. The Balaban J connectivity index is 1.66. The molecule has 0 saturated heterocycles. The van der Waals surface area contributed by atoms with Crippen LogP contribution < -0.4 is 14.8 Å². The Kier molecular flexibility index (Phi) is 6.26. The molecule has 27 heavy (non-hydrogen) atoms. The average Bonchev–Trinajstić information content (AvgIpc) is 2.67. The molecule has 0 saturated carbocycles. The van der Waals surface area contributed by atoms with Gasteiger partial charge in [-0.1, -0.05) is 13.0 Å². The van der Waals surface area contributed by atoms with Crippen molar-refractivity contribution in [3.63, 3.8) is 0 Å². The first-order valence-electron chi connectivity index (χ1n) is 9.19. The topological polar surface area (TPSA) is 60.5 Å². The van der Waals surface area contributed by atoms with Crippen LogP contribution in [0.5, 0.6) is 17.4 Å². The summed E-state index contributed by atoms with van der Waals surface area (Å²) < 4.78 is 11.4. The van der Waals surface area contributed by atoms with Crippen LogP contribution >= 0.6 is 0 Å². The predicted molar refractivity (Wildman–Crippen MR) is 106 cm³/mol. The minimum absolute atomic E-state index is 0.01000. The van der Waals surface area contributed by atoms with Crippen LogP contribution in [0.3, 0.4) is 0 Å². The zero-order valence-electron chi connectivity index (χ0n) is 15.7. The minimum Gasteiger partial charge on any atom is -0.494 e. The van der Waals surface area contributed by atoms with Crippen molar-refractivity contribution < 1.29 is 14.3 Å². The van der Waals surface area contributed by atoms with E-state index in [0.717, 1.165) is 40.8 Å². The molecular weight excluding hydrogens is 340 g/mol. The van der Waals surface area contributed by atoms with E-state index in [-0.39, 0.29) is 5.91 Å². The summed E-state index contributed by atoms with van der Waals surface area (Å²) in [5.74, 6) is 2.10. The number of carbonyl (C=O) groups excluding carboxylic acids is 1. The first kappa shape index (κ1) is 18.7. The molecule has 0 atom stereocenters. The lowest BCUT2D eigenvalue weighted by Gasteiger charge is -2.09. The highest BCUT2D eigenvalue weighted by molar-refractivity contribution is 5.80. The third kappa shape index (κ3) is 5.45. The van der Waals surface area contributed by atoms with Crippen molar-refractivity contribution >= 4 is 16.8 Å². The van der Waals surface area contributed by atoms with Crippen molar-refractivity contribution in [3.8, 4) is 17.4 Å². The second kappa shape index (κ2) is 9.03. The molecule has 0 fully saturated rings. The zero-order chi connectivity index (χ0) is 19.1. The number of amides is 1. The maximum atomic E-state index is 11.0. The number of benzene rings is 2. The van der Waals surface area contributed by atoms with Crippen LogP contribution in [-0.2, 0) is 11.2 Å². The number of carbonyl (C=O) groups is 1. The van der Waals surface area contributed by atoms with Crippen LogP contribution in [0.1, 0.15) is 25.8 Å². The van der Waals surface area contributed by atoms with Crippen molar-refractivity contribution in [2.24, 2.45) is 0 Å². The lowest BCUT2D eigenvalue weighted by Crippen LogP contribution is -2.22. The molecule has 0 spiro atoms. The molecule has 0 unspecified atom stereocenters.